The number of allylic oxidation sites excluding steroid dienone is 2. The largest absolute Gasteiger partial charge is 0.463 e. The molecule has 0 heterocycles. The molecule has 0 N–H and O–H groups in total. The van der Waals surface area contributed by atoms with E-state index in [9.17, 15) is 4.79 Å². The lowest BCUT2D eigenvalue weighted by atomic mass is 9.44. The summed E-state index contributed by atoms with van der Waals surface area (Å²) in [6, 6.07) is 0. The molecule has 0 spiro atoms. The number of hydrogen-bond donors (Lipinski definition) is 0. The van der Waals surface area contributed by atoms with Crippen LogP contribution in [0.3, 0.4) is 0 Å². The van der Waals surface area contributed by atoms with E-state index in [4.69, 9.17) is 4.74 Å². The first-order chi connectivity index (χ1) is 14.1. The average molecular weight is 415 g/mol. The first-order valence-corrected chi connectivity index (χ1v) is 13.0. The van der Waals surface area contributed by atoms with Gasteiger partial charge < -0.3 is 4.74 Å². The van der Waals surface area contributed by atoms with E-state index in [-0.39, 0.29) is 12.1 Å². The van der Waals surface area contributed by atoms with Crippen LogP contribution in [-0.4, -0.2) is 12.1 Å². The highest BCUT2D eigenvalue weighted by molar-refractivity contribution is 5.66. The normalized spacial score (nSPS) is 46.9. The average Bonchev–Trinajstić information content (AvgIpc) is 3.03. The van der Waals surface area contributed by atoms with Gasteiger partial charge in [0.05, 0.1) is 0 Å². The molecule has 4 fully saturated rings. The van der Waals surface area contributed by atoms with Gasteiger partial charge in [-0.25, -0.2) is 0 Å². The number of carbonyl (C=O) groups is 1. The number of esters is 1. The van der Waals surface area contributed by atoms with Crippen LogP contribution in [0.5, 0.6) is 0 Å². The molecule has 0 aliphatic heterocycles. The van der Waals surface area contributed by atoms with Gasteiger partial charge in [-0.05, 0) is 110 Å². The Balaban J connectivity index is 1.49. The van der Waals surface area contributed by atoms with Gasteiger partial charge in [0, 0.05) is 6.92 Å². The second kappa shape index (κ2) is 8.28. The van der Waals surface area contributed by atoms with Crippen LogP contribution in [-0.2, 0) is 9.53 Å². The molecule has 30 heavy (non-hydrogen) atoms. The fourth-order valence-electron chi connectivity index (χ4n) is 9.00. The van der Waals surface area contributed by atoms with Crippen LogP contribution in [0.15, 0.2) is 12.2 Å². The Labute approximate surface area is 185 Å². The molecule has 4 aliphatic carbocycles. The van der Waals surface area contributed by atoms with Crippen LogP contribution in [0.1, 0.15) is 99.3 Å². The Morgan fingerprint density at radius 3 is 2.30 bits per heavy atom. The van der Waals surface area contributed by atoms with Crippen molar-refractivity contribution in [3.63, 3.8) is 0 Å². The van der Waals surface area contributed by atoms with Crippen LogP contribution in [0.4, 0.5) is 0 Å². The topological polar surface area (TPSA) is 26.3 Å². The summed E-state index contributed by atoms with van der Waals surface area (Å²) < 4.78 is 5.64. The van der Waals surface area contributed by atoms with Crippen LogP contribution in [0, 0.1) is 52.3 Å². The summed E-state index contributed by atoms with van der Waals surface area (Å²) in [5.41, 5.74) is 1.02. The molecule has 0 amide bonds. The Bertz CT molecular complexity index is 666. The summed E-state index contributed by atoms with van der Waals surface area (Å²) in [7, 11) is 0. The second-order valence-corrected chi connectivity index (χ2v) is 12.4. The number of ether oxygens (including phenoxy) is 1. The smallest absolute Gasteiger partial charge is 0.302 e. The summed E-state index contributed by atoms with van der Waals surface area (Å²) in [5.74, 6) is 5.66. The number of rotatable bonds is 4. The molecule has 4 rings (SSSR count). The van der Waals surface area contributed by atoms with Crippen molar-refractivity contribution in [1.82, 2.24) is 0 Å². The summed E-state index contributed by atoms with van der Waals surface area (Å²) in [6.07, 6.45) is 17.1. The van der Waals surface area contributed by atoms with Crippen molar-refractivity contribution in [1.29, 1.82) is 0 Å². The maximum Gasteiger partial charge on any atom is 0.302 e. The number of carbonyl (C=O) groups excluding carboxylic acids is 1. The van der Waals surface area contributed by atoms with E-state index in [0.29, 0.717) is 22.7 Å². The van der Waals surface area contributed by atoms with Gasteiger partial charge in [-0.1, -0.05) is 46.8 Å². The van der Waals surface area contributed by atoms with Gasteiger partial charge in [0.2, 0.25) is 0 Å². The standard InChI is InChI=1S/C28H46O2/c1-18(2)7-8-19(3)24-11-12-25-23-10-9-21-17-22(30-20(4)29)13-15-27(21,5)26(23)14-16-28(24,25)6/h7-8,18-19,21-26H,9-17H2,1-6H3/t19-,21+,22+,23+,24-,25+,26+,27+,28-/m1/s1. The first-order valence-electron chi connectivity index (χ1n) is 13.0. The van der Waals surface area contributed by atoms with Crippen LogP contribution >= 0.6 is 0 Å². The van der Waals surface area contributed by atoms with Crippen molar-refractivity contribution in [3.8, 4) is 0 Å². The zero-order valence-electron chi connectivity index (χ0n) is 20.5. The molecular formula is C28H46O2. The molecule has 0 saturated heterocycles. The highest BCUT2D eigenvalue weighted by Crippen LogP contribution is 2.68. The zero-order valence-corrected chi connectivity index (χ0v) is 20.5. The van der Waals surface area contributed by atoms with Gasteiger partial charge in [0.1, 0.15) is 6.10 Å². The fourth-order valence-corrected chi connectivity index (χ4v) is 9.00. The predicted molar refractivity (Wildman–Crippen MR) is 124 cm³/mol. The van der Waals surface area contributed by atoms with E-state index in [0.717, 1.165) is 42.4 Å². The van der Waals surface area contributed by atoms with E-state index in [1.165, 1.54) is 44.9 Å². The Kier molecular flexibility index (Phi) is 6.19. The van der Waals surface area contributed by atoms with E-state index in [1.54, 1.807) is 6.92 Å². The second-order valence-electron chi connectivity index (χ2n) is 12.4. The van der Waals surface area contributed by atoms with Gasteiger partial charge in [-0.15, -0.1) is 0 Å². The third-order valence-electron chi connectivity index (χ3n) is 10.5. The first kappa shape index (κ1) is 22.4. The third kappa shape index (κ3) is 3.79. The van der Waals surface area contributed by atoms with Crippen molar-refractivity contribution in [2.45, 2.75) is 105 Å². The Morgan fingerprint density at radius 2 is 1.60 bits per heavy atom. The van der Waals surface area contributed by atoms with Gasteiger partial charge in [-0.2, -0.15) is 0 Å². The summed E-state index contributed by atoms with van der Waals surface area (Å²) in [5, 5.41) is 0. The molecule has 2 nitrogen and oxygen atoms in total. The van der Waals surface area contributed by atoms with Gasteiger partial charge in [0.25, 0.3) is 0 Å². The van der Waals surface area contributed by atoms with Gasteiger partial charge in [-0.3, -0.25) is 4.79 Å². The molecule has 0 aromatic rings. The quantitative estimate of drug-likeness (QED) is 0.353. The molecule has 9 atom stereocenters. The van der Waals surface area contributed by atoms with Crippen molar-refractivity contribution >= 4 is 5.97 Å². The SMILES string of the molecule is CC(=O)O[C@H]1CC[C@@]2(C)[C@@H](CC[C@@H]3[C@@H]2CC[C@]2(C)[C@@H]([C@H](C)C=CC(C)C)CC[C@@H]32)C1. The number of hydrogen-bond acceptors (Lipinski definition) is 2. The van der Waals surface area contributed by atoms with Crippen molar-refractivity contribution < 1.29 is 9.53 Å². The van der Waals surface area contributed by atoms with E-state index in [2.05, 4.69) is 46.8 Å². The molecule has 0 radical (unpaired) electrons. The Hall–Kier alpha value is -0.790. The van der Waals surface area contributed by atoms with Crippen molar-refractivity contribution in [2.24, 2.45) is 52.3 Å². The monoisotopic (exact) mass is 414 g/mol. The molecule has 0 aromatic heterocycles. The minimum atomic E-state index is -0.0941. The maximum atomic E-state index is 11.5. The molecule has 0 bridgehead atoms. The van der Waals surface area contributed by atoms with Crippen molar-refractivity contribution in [3.05, 3.63) is 12.2 Å². The van der Waals surface area contributed by atoms with E-state index in [1.807, 2.05) is 0 Å². The van der Waals surface area contributed by atoms with Crippen LogP contribution < -0.4 is 0 Å². The molecule has 2 heteroatoms. The summed E-state index contributed by atoms with van der Waals surface area (Å²) >= 11 is 0. The lowest BCUT2D eigenvalue weighted by Crippen LogP contribution is -2.54. The van der Waals surface area contributed by atoms with Gasteiger partial charge >= 0.3 is 5.97 Å². The molecule has 170 valence electrons. The van der Waals surface area contributed by atoms with Gasteiger partial charge in [0.15, 0.2) is 0 Å². The van der Waals surface area contributed by atoms with Crippen LogP contribution in [0.2, 0.25) is 0 Å². The lowest BCUT2D eigenvalue weighted by molar-refractivity contribution is -0.160. The minimum absolute atomic E-state index is 0.0941. The van der Waals surface area contributed by atoms with Crippen LogP contribution in [0.25, 0.3) is 0 Å². The summed E-state index contributed by atoms with van der Waals surface area (Å²) in [4.78, 5) is 11.5. The fraction of sp³-hybridized carbons (Fsp3) is 0.893. The molecule has 0 aromatic carbocycles. The Morgan fingerprint density at radius 1 is 0.900 bits per heavy atom. The number of fused-ring (bicyclic) bond motifs is 5. The molecular weight excluding hydrogens is 368 g/mol. The third-order valence-corrected chi connectivity index (χ3v) is 10.5. The minimum Gasteiger partial charge on any atom is -0.463 e. The van der Waals surface area contributed by atoms with E-state index < -0.39 is 0 Å². The lowest BCUT2D eigenvalue weighted by Gasteiger charge is -2.61. The van der Waals surface area contributed by atoms with E-state index >= 15 is 0 Å². The molecule has 4 saturated carbocycles. The maximum absolute atomic E-state index is 11.5. The summed E-state index contributed by atoms with van der Waals surface area (Å²) in [6.45, 7) is 13.9. The highest BCUT2D eigenvalue weighted by Gasteiger charge is 2.60. The highest BCUT2D eigenvalue weighted by atomic mass is 16.5. The van der Waals surface area contributed by atoms with Crippen molar-refractivity contribution in [2.75, 3.05) is 0 Å². The zero-order chi connectivity index (χ0) is 21.7. The predicted octanol–water partition coefficient (Wildman–Crippen LogP) is 7.43. The molecule has 4 aliphatic rings. The molecule has 0 unspecified atom stereocenters.